The summed E-state index contributed by atoms with van der Waals surface area (Å²) >= 11 is 3.44. The number of halogens is 1. The van der Waals surface area contributed by atoms with Crippen LogP contribution in [-0.2, 0) is 17.8 Å². The zero-order valence-corrected chi connectivity index (χ0v) is 18.3. The standard InChI is InChI=1S/C24H23BrN2O3/c1-2-19-14-21(25)12-13-23(19)30-17-24(28)27-26-15-20-10-6-7-11-22(20)29-16-18-8-4-3-5-9-18/h3-15H,2,16-17H2,1H3,(H,27,28)/b26-15+. The number of nitrogens with one attached hydrogen (secondary N) is 1. The van der Waals surface area contributed by atoms with Crippen LogP contribution < -0.4 is 14.9 Å². The van der Waals surface area contributed by atoms with Crippen molar-refractivity contribution in [3.05, 3.63) is 94.0 Å². The van der Waals surface area contributed by atoms with Gasteiger partial charge in [0.25, 0.3) is 5.91 Å². The van der Waals surface area contributed by atoms with Crippen molar-refractivity contribution in [1.29, 1.82) is 0 Å². The van der Waals surface area contributed by atoms with Crippen LogP contribution in [0.15, 0.2) is 82.4 Å². The van der Waals surface area contributed by atoms with Crippen molar-refractivity contribution in [1.82, 2.24) is 5.43 Å². The van der Waals surface area contributed by atoms with Gasteiger partial charge in [-0.2, -0.15) is 5.10 Å². The zero-order chi connectivity index (χ0) is 21.2. The van der Waals surface area contributed by atoms with Gasteiger partial charge in [-0.1, -0.05) is 65.3 Å². The van der Waals surface area contributed by atoms with E-state index in [0.717, 1.165) is 27.6 Å². The first-order chi connectivity index (χ1) is 14.7. The molecule has 0 radical (unpaired) electrons. The lowest BCUT2D eigenvalue weighted by Crippen LogP contribution is -2.24. The molecule has 0 spiro atoms. The van der Waals surface area contributed by atoms with Gasteiger partial charge in [-0.05, 0) is 47.9 Å². The van der Waals surface area contributed by atoms with Crippen LogP contribution in [0.25, 0.3) is 0 Å². The Labute approximate surface area is 184 Å². The van der Waals surface area contributed by atoms with Gasteiger partial charge >= 0.3 is 0 Å². The number of amides is 1. The van der Waals surface area contributed by atoms with E-state index in [4.69, 9.17) is 9.47 Å². The van der Waals surface area contributed by atoms with Crippen LogP contribution in [0.1, 0.15) is 23.6 Å². The molecule has 30 heavy (non-hydrogen) atoms. The molecule has 0 unspecified atom stereocenters. The van der Waals surface area contributed by atoms with Crippen LogP contribution in [-0.4, -0.2) is 18.7 Å². The largest absolute Gasteiger partial charge is 0.488 e. The van der Waals surface area contributed by atoms with Gasteiger partial charge in [0.15, 0.2) is 6.61 Å². The van der Waals surface area contributed by atoms with Crippen LogP contribution in [0.5, 0.6) is 11.5 Å². The minimum atomic E-state index is -0.334. The van der Waals surface area contributed by atoms with Crippen LogP contribution in [0.2, 0.25) is 0 Å². The van der Waals surface area contributed by atoms with Crippen molar-refractivity contribution in [2.45, 2.75) is 20.0 Å². The van der Waals surface area contributed by atoms with E-state index in [9.17, 15) is 4.79 Å². The van der Waals surface area contributed by atoms with E-state index in [-0.39, 0.29) is 12.5 Å². The monoisotopic (exact) mass is 466 g/mol. The Hall–Kier alpha value is -3.12. The lowest BCUT2D eigenvalue weighted by molar-refractivity contribution is -0.123. The van der Waals surface area contributed by atoms with Crippen molar-refractivity contribution < 1.29 is 14.3 Å². The molecule has 0 fully saturated rings. The first-order valence-corrected chi connectivity index (χ1v) is 10.4. The second kappa shape index (κ2) is 11.2. The molecule has 5 nitrogen and oxygen atoms in total. The molecule has 1 N–H and O–H groups in total. The van der Waals surface area contributed by atoms with Gasteiger partial charge in [0, 0.05) is 10.0 Å². The molecule has 0 aliphatic rings. The molecule has 0 saturated carbocycles. The first kappa shape index (κ1) is 21.6. The zero-order valence-electron chi connectivity index (χ0n) is 16.7. The third-order valence-corrected chi connectivity index (χ3v) is 4.80. The highest BCUT2D eigenvalue weighted by Gasteiger charge is 2.07. The molecule has 154 valence electrons. The summed E-state index contributed by atoms with van der Waals surface area (Å²) in [4.78, 5) is 12.1. The Kier molecular flexibility index (Phi) is 8.03. The molecule has 0 atom stereocenters. The van der Waals surface area contributed by atoms with E-state index in [1.54, 1.807) is 6.21 Å². The smallest absolute Gasteiger partial charge is 0.277 e. The number of ether oxygens (including phenoxy) is 2. The summed E-state index contributed by atoms with van der Waals surface area (Å²) in [7, 11) is 0. The Bertz CT molecular complexity index is 1010. The number of nitrogens with zero attached hydrogens (tertiary/aromatic N) is 1. The molecule has 0 saturated heterocycles. The fraction of sp³-hybridized carbons (Fsp3) is 0.167. The second-order valence-electron chi connectivity index (χ2n) is 6.50. The average Bonchev–Trinajstić information content (AvgIpc) is 2.78. The summed E-state index contributed by atoms with van der Waals surface area (Å²) in [6.45, 7) is 2.38. The molecular weight excluding hydrogens is 444 g/mol. The van der Waals surface area contributed by atoms with E-state index in [0.29, 0.717) is 18.1 Å². The topological polar surface area (TPSA) is 59.9 Å². The normalized spacial score (nSPS) is 10.7. The Morgan fingerprint density at radius 1 is 1.00 bits per heavy atom. The number of hydrogen-bond acceptors (Lipinski definition) is 4. The summed E-state index contributed by atoms with van der Waals surface area (Å²) in [5.41, 5.74) is 5.38. The molecule has 3 aromatic rings. The predicted octanol–water partition coefficient (Wildman–Crippen LogP) is 5.12. The molecule has 0 bridgehead atoms. The number of carbonyl (C=O) groups excluding carboxylic acids is 1. The average molecular weight is 467 g/mol. The van der Waals surface area contributed by atoms with Gasteiger partial charge in [-0.3, -0.25) is 4.79 Å². The van der Waals surface area contributed by atoms with Gasteiger partial charge in [-0.25, -0.2) is 5.43 Å². The van der Waals surface area contributed by atoms with Crippen molar-refractivity contribution >= 4 is 28.1 Å². The van der Waals surface area contributed by atoms with E-state index in [2.05, 4.69) is 26.5 Å². The van der Waals surface area contributed by atoms with Gasteiger partial charge < -0.3 is 9.47 Å². The van der Waals surface area contributed by atoms with E-state index in [1.807, 2.05) is 79.7 Å². The maximum absolute atomic E-state index is 12.1. The van der Waals surface area contributed by atoms with Gasteiger partial charge in [0.2, 0.25) is 0 Å². The molecule has 3 rings (SSSR count). The van der Waals surface area contributed by atoms with Gasteiger partial charge in [0.1, 0.15) is 18.1 Å². The number of aryl methyl sites for hydroxylation is 1. The highest BCUT2D eigenvalue weighted by atomic mass is 79.9. The summed E-state index contributed by atoms with van der Waals surface area (Å²) in [6, 6.07) is 23.2. The molecule has 0 heterocycles. The Balaban J connectivity index is 1.53. The van der Waals surface area contributed by atoms with Crippen LogP contribution in [0.4, 0.5) is 0 Å². The molecule has 3 aromatic carbocycles. The number of hydrogen-bond donors (Lipinski definition) is 1. The van der Waals surface area contributed by atoms with E-state index < -0.39 is 0 Å². The maximum Gasteiger partial charge on any atom is 0.277 e. The lowest BCUT2D eigenvalue weighted by Gasteiger charge is -2.10. The fourth-order valence-electron chi connectivity index (χ4n) is 2.77. The first-order valence-electron chi connectivity index (χ1n) is 9.64. The molecule has 6 heteroatoms. The minimum absolute atomic E-state index is 0.113. The van der Waals surface area contributed by atoms with E-state index >= 15 is 0 Å². The highest BCUT2D eigenvalue weighted by molar-refractivity contribution is 9.10. The summed E-state index contributed by atoms with van der Waals surface area (Å²) < 4.78 is 12.5. The van der Waals surface area contributed by atoms with Crippen LogP contribution >= 0.6 is 15.9 Å². The SMILES string of the molecule is CCc1cc(Br)ccc1OCC(=O)N/N=C/c1ccccc1OCc1ccccc1. The molecule has 0 aliphatic heterocycles. The number of benzene rings is 3. The van der Waals surface area contributed by atoms with Gasteiger partial charge in [-0.15, -0.1) is 0 Å². The Morgan fingerprint density at radius 2 is 1.77 bits per heavy atom. The lowest BCUT2D eigenvalue weighted by atomic mass is 10.1. The number of para-hydroxylation sites is 1. The third kappa shape index (κ3) is 6.46. The summed E-state index contributed by atoms with van der Waals surface area (Å²) in [5.74, 6) is 1.05. The summed E-state index contributed by atoms with van der Waals surface area (Å²) in [5, 5.41) is 4.03. The maximum atomic E-state index is 12.1. The highest BCUT2D eigenvalue weighted by Crippen LogP contribution is 2.23. The minimum Gasteiger partial charge on any atom is -0.488 e. The van der Waals surface area contributed by atoms with Gasteiger partial charge in [0.05, 0.1) is 6.21 Å². The third-order valence-electron chi connectivity index (χ3n) is 4.31. The van der Waals surface area contributed by atoms with Crippen molar-refractivity contribution in [3.8, 4) is 11.5 Å². The molecule has 1 amide bonds. The number of rotatable bonds is 9. The van der Waals surface area contributed by atoms with Crippen molar-refractivity contribution in [2.24, 2.45) is 5.10 Å². The molecule has 0 aromatic heterocycles. The fourth-order valence-corrected chi connectivity index (χ4v) is 3.18. The predicted molar refractivity (Wildman–Crippen MR) is 122 cm³/mol. The summed E-state index contributed by atoms with van der Waals surface area (Å²) in [6.07, 6.45) is 2.38. The van der Waals surface area contributed by atoms with Crippen LogP contribution in [0.3, 0.4) is 0 Å². The second-order valence-corrected chi connectivity index (χ2v) is 7.42. The number of carbonyl (C=O) groups is 1. The van der Waals surface area contributed by atoms with E-state index in [1.165, 1.54) is 0 Å². The van der Waals surface area contributed by atoms with Crippen LogP contribution in [0, 0.1) is 0 Å². The molecule has 0 aliphatic carbocycles. The van der Waals surface area contributed by atoms with Crippen molar-refractivity contribution in [2.75, 3.05) is 6.61 Å². The van der Waals surface area contributed by atoms with Crippen molar-refractivity contribution in [3.63, 3.8) is 0 Å². The Morgan fingerprint density at radius 3 is 2.57 bits per heavy atom. The quantitative estimate of drug-likeness (QED) is 0.351. The molecular formula is C24H23BrN2O3. The number of hydrazone groups is 1.